The zero-order chi connectivity index (χ0) is 20.9. The Balaban J connectivity index is 0.000000251. The van der Waals surface area contributed by atoms with Crippen LogP contribution in [-0.2, 0) is 14.3 Å². The first-order valence-corrected chi connectivity index (χ1v) is 9.80. The second-order valence-electron chi connectivity index (χ2n) is 6.99. The largest absolute Gasteiger partial charge is 0.466 e. The Morgan fingerprint density at radius 1 is 1.00 bits per heavy atom. The molecule has 0 N–H and O–H groups in total. The summed E-state index contributed by atoms with van der Waals surface area (Å²) in [7, 11) is 0. The number of aryl methyl sites for hydroxylation is 1. The number of ketones is 1. The topological polar surface area (TPSA) is 43.4 Å². The third-order valence-corrected chi connectivity index (χ3v) is 4.59. The molecule has 1 aliphatic carbocycles. The van der Waals surface area contributed by atoms with Crippen molar-refractivity contribution in [1.29, 1.82) is 0 Å². The molecule has 0 radical (unpaired) electrons. The number of carbonyl (C=O) groups excluding carboxylic acids is 2. The Bertz CT molecular complexity index is 748. The van der Waals surface area contributed by atoms with Crippen LogP contribution in [0, 0.1) is 18.8 Å². The van der Waals surface area contributed by atoms with Crippen LogP contribution in [0.4, 0.5) is 0 Å². The Morgan fingerprint density at radius 2 is 1.54 bits per heavy atom. The molecule has 2 atom stereocenters. The van der Waals surface area contributed by atoms with E-state index in [0.29, 0.717) is 12.5 Å². The second kappa shape index (κ2) is 12.7. The van der Waals surface area contributed by atoms with Gasteiger partial charge in [0.15, 0.2) is 5.78 Å². The van der Waals surface area contributed by atoms with Crippen molar-refractivity contribution in [3.05, 3.63) is 77.9 Å². The molecule has 0 saturated heterocycles. The highest BCUT2D eigenvalue weighted by Crippen LogP contribution is 2.32. The second-order valence-corrected chi connectivity index (χ2v) is 6.99. The van der Waals surface area contributed by atoms with Crippen molar-refractivity contribution < 1.29 is 14.3 Å². The van der Waals surface area contributed by atoms with Gasteiger partial charge in [0, 0.05) is 12.8 Å². The predicted molar refractivity (Wildman–Crippen MR) is 116 cm³/mol. The Morgan fingerprint density at radius 3 is 1.89 bits per heavy atom. The molecule has 0 amide bonds. The van der Waals surface area contributed by atoms with Crippen LogP contribution in [0.1, 0.15) is 45.2 Å². The predicted octanol–water partition coefficient (Wildman–Crippen LogP) is 5.88. The molecular weight excluding hydrogens is 348 g/mol. The van der Waals surface area contributed by atoms with Crippen molar-refractivity contribution in [3.63, 3.8) is 0 Å². The lowest BCUT2D eigenvalue weighted by atomic mass is 9.79. The van der Waals surface area contributed by atoms with Gasteiger partial charge in [0.25, 0.3) is 0 Å². The molecule has 0 saturated carbocycles. The molecule has 2 aromatic rings. The van der Waals surface area contributed by atoms with Gasteiger partial charge in [-0.1, -0.05) is 80.1 Å². The molecule has 150 valence electrons. The van der Waals surface area contributed by atoms with Gasteiger partial charge in [-0.05, 0) is 43.4 Å². The smallest absolute Gasteiger partial charge is 0.302 e. The summed E-state index contributed by atoms with van der Waals surface area (Å²) in [6, 6.07) is 20.4. The fourth-order valence-corrected chi connectivity index (χ4v) is 2.76. The molecule has 0 heterocycles. The Labute approximate surface area is 169 Å². The molecule has 0 bridgehead atoms. The Hall–Kier alpha value is -2.68. The van der Waals surface area contributed by atoms with Crippen LogP contribution in [0.3, 0.4) is 0 Å². The highest BCUT2D eigenvalue weighted by Gasteiger charge is 2.25. The fraction of sp³-hybridized carbons (Fsp3) is 0.360. The maximum absolute atomic E-state index is 11.7. The lowest BCUT2D eigenvalue weighted by molar-refractivity contribution is -0.140. The van der Waals surface area contributed by atoms with Gasteiger partial charge in [-0.15, -0.1) is 0 Å². The van der Waals surface area contributed by atoms with E-state index in [9.17, 15) is 9.59 Å². The summed E-state index contributed by atoms with van der Waals surface area (Å²) in [4.78, 5) is 21.5. The first-order valence-electron chi connectivity index (χ1n) is 9.80. The van der Waals surface area contributed by atoms with Crippen molar-refractivity contribution >= 4 is 17.3 Å². The minimum absolute atomic E-state index is 0.178. The van der Waals surface area contributed by atoms with E-state index < -0.39 is 0 Å². The fourth-order valence-electron chi connectivity index (χ4n) is 2.76. The summed E-state index contributed by atoms with van der Waals surface area (Å²) in [5, 5.41) is 0. The Kier molecular flexibility index (Phi) is 10.6. The first-order chi connectivity index (χ1) is 13.3. The summed E-state index contributed by atoms with van der Waals surface area (Å²) in [5.74, 6) is 0.695. The molecule has 0 aromatic heterocycles. The van der Waals surface area contributed by atoms with Crippen molar-refractivity contribution in [2.24, 2.45) is 11.8 Å². The summed E-state index contributed by atoms with van der Waals surface area (Å²) < 4.78 is 4.40. The number of ether oxygens (including phenoxy) is 1. The summed E-state index contributed by atoms with van der Waals surface area (Å²) in [6.07, 6.45) is 2.83. The number of esters is 1. The zero-order valence-corrected chi connectivity index (χ0v) is 17.6. The lowest BCUT2D eigenvalue weighted by Crippen LogP contribution is -2.22. The molecule has 2 aromatic carbocycles. The van der Waals surface area contributed by atoms with E-state index in [4.69, 9.17) is 0 Å². The number of hydrogen-bond donors (Lipinski definition) is 0. The van der Waals surface area contributed by atoms with Crippen LogP contribution >= 0.6 is 0 Å². The van der Waals surface area contributed by atoms with E-state index in [-0.39, 0.29) is 17.7 Å². The summed E-state index contributed by atoms with van der Waals surface area (Å²) >= 11 is 0. The molecule has 2 unspecified atom stereocenters. The molecule has 3 nitrogen and oxygen atoms in total. The summed E-state index contributed by atoms with van der Waals surface area (Å²) in [6.45, 7) is 9.91. The SMILES string of the molecule is CC1CC(c2ccccc2)=CC(=O)C1C.CCOC(C)=O.Cc1ccccc1. The van der Waals surface area contributed by atoms with Gasteiger partial charge in [-0.25, -0.2) is 0 Å². The molecule has 0 fully saturated rings. The van der Waals surface area contributed by atoms with Crippen LogP contribution in [-0.4, -0.2) is 18.4 Å². The van der Waals surface area contributed by atoms with E-state index in [2.05, 4.69) is 42.8 Å². The van der Waals surface area contributed by atoms with Gasteiger partial charge in [0.2, 0.25) is 0 Å². The van der Waals surface area contributed by atoms with Crippen LogP contribution in [0.15, 0.2) is 66.7 Å². The van der Waals surface area contributed by atoms with E-state index in [1.807, 2.05) is 49.4 Å². The third-order valence-electron chi connectivity index (χ3n) is 4.59. The van der Waals surface area contributed by atoms with Gasteiger partial charge in [-0.2, -0.15) is 0 Å². The van der Waals surface area contributed by atoms with E-state index in [0.717, 1.165) is 6.42 Å². The highest BCUT2D eigenvalue weighted by molar-refractivity contribution is 6.00. The molecule has 3 heteroatoms. The van der Waals surface area contributed by atoms with Crippen LogP contribution in [0.25, 0.3) is 5.57 Å². The molecular formula is C25H32O3. The highest BCUT2D eigenvalue weighted by atomic mass is 16.5. The van der Waals surface area contributed by atoms with E-state index >= 15 is 0 Å². The number of benzene rings is 2. The minimum Gasteiger partial charge on any atom is -0.466 e. The monoisotopic (exact) mass is 380 g/mol. The number of rotatable bonds is 2. The average molecular weight is 381 g/mol. The van der Waals surface area contributed by atoms with E-state index in [1.165, 1.54) is 23.6 Å². The van der Waals surface area contributed by atoms with Gasteiger partial charge < -0.3 is 4.74 Å². The van der Waals surface area contributed by atoms with E-state index in [1.54, 1.807) is 6.92 Å². The molecule has 1 aliphatic rings. The van der Waals surface area contributed by atoms with Crippen LogP contribution in [0.2, 0.25) is 0 Å². The standard InChI is InChI=1S/C14H16O.C7H8.C4H8O2/c1-10-8-13(9-14(15)11(10)2)12-6-4-3-5-7-12;1-7-5-3-2-4-6-7;1-3-6-4(2)5/h3-7,9-11H,8H2,1-2H3;2-6H,1H3;3H2,1-2H3. The molecule has 0 aliphatic heterocycles. The first kappa shape index (κ1) is 23.4. The average Bonchev–Trinajstić information content (AvgIpc) is 2.68. The quantitative estimate of drug-likeness (QED) is 0.611. The minimum atomic E-state index is -0.211. The summed E-state index contributed by atoms with van der Waals surface area (Å²) in [5.41, 5.74) is 3.69. The lowest BCUT2D eigenvalue weighted by Gasteiger charge is -2.24. The van der Waals surface area contributed by atoms with Gasteiger partial charge in [-0.3, -0.25) is 9.59 Å². The normalized spacial score (nSPS) is 17.9. The van der Waals surface area contributed by atoms with Crippen molar-refractivity contribution in [3.8, 4) is 0 Å². The molecule has 3 rings (SSSR count). The van der Waals surface area contributed by atoms with Gasteiger partial charge in [0.1, 0.15) is 0 Å². The third kappa shape index (κ3) is 8.81. The van der Waals surface area contributed by atoms with Gasteiger partial charge in [0.05, 0.1) is 6.61 Å². The van der Waals surface area contributed by atoms with Crippen molar-refractivity contribution in [1.82, 2.24) is 0 Å². The maximum Gasteiger partial charge on any atom is 0.302 e. The van der Waals surface area contributed by atoms with Crippen molar-refractivity contribution in [2.75, 3.05) is 6.61 Å². The van der Waals surface area contributed by atoms with Crippen molar-refractivity contribution in [2.45, 2.75) is 41.0 Å². The number of hydrogen-bond acceptors (Lipinski definition) is 3. The van der Waals surface area contributed by atoms with Crippen LogP contribution < -0.4 is 0 Å². The van der Waals surface area contributed by atoms with Gasteiger partial charge >= 0.3 is 5.97 Å². The number of allylic oxidation sites excluding steroid dienone is 2. The zero-order valence-electron chi connectivity index (χ0n) is 17.6. The molecule has 28 heavy (non-hydrogen) atoms. The maximum atomic E-state index is 11.7. The number of carbonyl (C=O) groups is 2. The molecule has 0 spiro atoms. The van der Waals surface area contributed by atoms with Crippen LogP contribution in [0.5, 0.6) is 0 Å².